The Labute approximate surface area is 308 Å². The fourth-order valence-electron chi connectivity index (χ4n) is 7.57. The average Bonchev–Trinajstić information content (AvgIpc) is 3.92. The van der Waals surface area contributed by atoms with Crippen LogP contribution in [0.1, 0.15) is 124 Å². The van der Waals surface area contributed by atoms with Gasteiger partial charge >= 0.3 is 11.8 Å². The first-order valence-electron chi connectivity index (χ1n) is 19.0. The summed E-state index contributed by atoms with van der Waals surface area (Å²) in [7, 11) is 1.74. The zero-order chi connectivity index (χ0) is 37.5. The number of carbonyl (C=O) groups is 4. The lowest BCUT2D eigenvalue weighted by Crippen LogP contribution is -2.44. The van der Waals surface area contributed by atoms with Gasteiger partial charge in [-0.15, -0.1) is 0 Å². The van der Waals surface area contributed by atoms with Crippen LogP contribution in [0.15, 0.2) is 41.5 Å². The molecule has 15 heteroatoms. The highest BCUT2D eigenvalue weighted by Gasteiger charge is 2.32. The summed E-state index contributed by atoms with van der Waals surface area (Å²) in [6, 6.07) is 7.05. The number of aromatic amines is 1. The van der Waals surface area contributed by atoms with Crippen molar-refractivity contribution in [2.75, 3.05) is 5.32 Å². The number of hydrogen-bond acceptors (Lipinski definition) is 8. The van der Waals surface area contributed by atoms with Crippen molar-refractivity contribution in [2.24, 2.45) is 7.05 Å². The van der Waals surface area contributed by atoms with Gasteiger partial charge in [-0.05, 0) is 70.4 Å². The second-order valence-corrected chi connectivity index (χ2v) is 14.7. The highest BCUT2D eigenvalue weighted by molar-refractivity contribution is 6.03. The van der Waals surface area contributed by atoms with Crippen molar-refractivity contribution in [1.29, 1.82) is 0 Å². The SMILES string of the molecule is CC(C)NC(=O)O[C@@H]1CC[C@H](c2cc(NC(=O)c3cnn(CCCCCCCCCc4cccc5c4n(C)c(=O)n5C4CCC(=O)NC4=O)c3)[nH]n2)C1. The number of imidazole rings is 1. The van der Waals surface area contributed by atoms with Gasteiger partial charge < -0.3 is 15.4 Å². The highest BCUT2D eigenvalue weighted by Crippen LogP contribution is 2.36. The summed E-state index contributed by atoms with van der Waals surface area (Å²) >= 11 is 0. The van der Waals surface area contributed by atoms with Crippen LogP contribution in [0.4, 0.5) is 10.6 Å². The predicted octanol–water partition coefficient (Wildman–Crippen LogP) is 5.23. The quantitative estimate of drug-likeness (QED) is 0.0891. The number of para-hydroxylation sites is 1. The maximum atomic E-state index is 13.2. The molecular weight excluding hydrogens is 678 g/mol. The van der Waals surface area contributed by atoms with E-state index in [0.29, 0.717) is 24.2 Å². The third kappa shape index (κ3) is 9.24. The Kier molecular flexibility index (Phi) is 12.1. The summed E-state index contributed by atoms with van der Waals surface area (Å²) in [5.41, 5.74) is 3.76. The molecule has 0 spiro atoms. The number of carbonyl (C=O) groups excluding carboxylic acids is 4. The smallest absolute Gasteiger partial charge is 0.407 e. The lowest BCUT2D eigenvalue weighted by atomic mass is 10.0. The number of anilines is 1. The van der Waals surface area contributed by atoms with Crippen molar-refractivity contribution < 1.29 is 23.9 Å². The van der Waals surface area contributed by atoms with E-state index in [-0.39, 0.29) is 42.0 Å². The number of hydrogen-bond donors (Lipinski definition) is 4. The zero-order valence-electron chi connectivity index (χ0n) is 30.9. The number of nitrogens with zero attached hydrogens (tertiary/aromatic N) is 5. The number of ether oxygens (including phenoxy) is 1. The van der Waals surface area contributed by atoms with Crippen LogP contribution in [-0.4, -0.2) is 65.1 Å². The molecule has 15 nitrogen and oxygen atoms in total. The number of fused-ring (bicyclic) bond motifs is 1. The van der Waals surface area contributed by atoms with Gasteiger partial charge in [-0.2, -0.15) is 10.2 Å². The van der Waals surface area contributed by atoms with Crippen LogP contribution in [0.25, 0.3) is 11.0 Å². The summed E-state index contributed by atoms with van der Waals surface area (Å²) in [5, 5.41) is 19.7. The number of rotatable bonds is 16. The molecule has 2 aliphatic rings. The molecule has 4 heterocycles. The number of imide groups is 1. The number of aromatic nitrogens is 6. The summed E-state index contributed by atoms with van der Waals surface area (Å²) in [6.07, 6.45) is 14.0. The predicted molar refractivity (Wildman–Crippen MR) is 199 cm³/mol. The van der Waals surface area contributed by atoms with Crippen molar-refractivity contribution in [3.8, 4) is 0 Å². The molecule has 0 radical (unpaired) electrons. The third-order valence-electron chi connectivity index (χ3n) is 10.3. The highest BCUT2D eigenvalue weighted by atomic mass is 16.6. The van der Waals surface area contributed by atoms with Gasteiger partial charge in [0.25, 0.3) is 5.91 Å². The maximum Gasteiger partial charge on any atom is 0.407 e. The summed E-state index contributed by atoms with van der Waals surface area (Å²) < 4.78 is 10.5. The van der Waals surface area contributed by atoms with Gasteiger partial charge in [0.15, 0.2) is 0 Å². The van der Waals surface area contributed by atoms with Crippen molar-refractivity contribution >= 4 is 40.7 Å². The minimum absolute atomic E-state index is 0.0241. The number of aryl methyl sites for hydroxylation is 3. The van der Waals surface area contributed by atoms with Gasteiger partial charge in [-0.25, -0.2) is 9.59 Å². The van der Waals surface area contributed by atoms with Crippen molar-refractivity contribution in [2.45, 2.75) is 128 Å². The van der Waals surface area contributed by atoms with Crippen LogP contribution < -0.4 is 21.6 Å². The molecule has 4 amide bonds. The van der Waals surface area contributed by atoms with E-state index in [2.05, 4.69) is 37.3 Å². The van der Waals surface area contributed by atoms with Crippen LogP contribution >= 0.6 is 0 Å². The first-order chi connectivity index (χ1) is 25.6. The Morgan fingerprint density at radius 2 is 1.79 bits per heavy atom. The van der Waals surface area contributed by atoms with Gasteiger partial charge in [0.1, 0.15) is 18.0 Å². The zero-order valence-corrected chi connectivity index (χ0v) is 30.9. The first-order valence-corrected chi connectivity index (χ1v) is 19.0. The first kappa shape index (κ1) is 37.5. The second-order valence-electron chi connectivity index (χ2n) is 14.7. The van der Waals surface area contributed by atoms with E-state index >= 15 is 0 Å². The fourth-order valence-corrected chi connectivity index (χ4v) is 7.57. The van der Waals surface area contributed by atoms with E-state index in [4.69, 9.17) is 4.74 Å². The molecule has 0 bridgehead atoms. The third-order valence-corrected chi connectivity index (χ3v) is 10.3. The molecule has 284 valence electrons. The van der Waals surface area contributed by atoms with E-state index in [1.807, 2.05) is 36.7 Å². The Bertz CT molecular complexity index is 1990. The van der Waals surface area contributed by atoms with Gasteiger partial charge in [0.2, 0.25) is 11.8 Å². The Morgan fingerprint density at radius 1 is 1.02 bits per heavy atom. The molecule has 3 aromatic heterocycles. The normalized spacial score (nSPS) is 18.8. The van der Waals surface area contributed by atoms with Crippen LogP contribution in [0.3, 0.4) is 0 Å². The van der Waals surface area contributed by atoms with E-state index in [1.165, 1.54) is 4.57 Å². The average molecular weight is 730 g/mol. The molecule has 3 atom stereocenters. The number of amides is 4. The van der Waals surface area contributed by atoms with Gasteiger partial charge in [-0.1, -0.05) is 44.2 Å². The molecule has 53 heavy (non-hydrogen) atoms. The fraction of sp³-hybridized carbons (Fsp3) is 0.553. The van der Waals surface area contributed by atoms with Gasteiger partial charge in [0, 0.05) is 44.2 Å². The number of H-pyrrole nitrogens is 1. The monoisotopic (exact) mass is 729 g/mol. The van der Waals surface area contributed by atoms with Crippen LogP contribution in [0, 0.1) is 0 Å². The van der Waals surface area contributed by atoms with Gasteiger partial charge in [-0.3, -0.25) is 38.6 Å². The minimum Gasteiger partial charge on any atom is -0.446 e. The van der Waals surface area contributed by atoms with Crippen LogP contribution in [0.2, 0.25) is 0 Å². The largest absolute Gasteiger partial charge is 0.446 e. The molecule has 1 aliphatic carbocycles. The molecule has 1 saturated heterocycles. The number of nitrogens with one attached hydrogen (secondary N) is 4. The molecule has 1 unspecified atom stereocenters. The van der Waals surface area contributed by atoms with E-state index in [9.17, 15) is 24.0 Å². The lowest BCUT2D eigenvalue weighted by molar-refractivity contribution is -0.135. The van der Waals surface area contributed by atoms with Crippen LogP contribution in [-0.2, 0) is 34.3 Å². The summed E-state index contributed by atoms with van der Waals surface area (Å²) in [5.74, 6) is -0.298. The topological polar surface area (TPSA) is 187 Å². The lowest BCUT2D eigenvalue weighted by Gasteiger charge is -2.21. The molecule has 1 aliphatic heterocycles. The van der Waals surface area contributed by atoms with E-state index < -0.39 is 18.0 Å². The van der Waals surface area contributed by atoms with E-state index in [0.717, 1.165) is 93.0 Å². The van der Waals surface area contributed by atoms with Gasteiger partial charge in [0.05, 0.1) is 28.5 Å². The Morgan fingerprint density at radius 3 is 2.57 bits per heavy atom. The minimum atomic E-state index is -0.679. The standard InChI is InChI=1S/C38H51N9O6/c1-24(2)40-37(51)53-28-16-15-26(20-28)29-21-32(44-43-29)41-35(49)27-22-39-46(23-27)19-10-8-6-4-5-7-9-12-25-13-11-14-30-34(25)45(3)38(52)47(30)31-17-18-33(48)42-36(31)50/h11,13-14,21-24,26,28,31H,4-10,12,15-20H2,1-3H3,(H,40,51)(H,42,48,50)(H2,41,43,44,49)/t26-,28+,31?/m0/s1. The molecule has 1 aromatic carbocycles. The molecule has 4 N–H and O–H groups in total. The van der Waals surface area contributed by atoms with Crippen molar-refractivity contribution in [3.63, 3.8) is 0 Å². The molecular formula is C38H51N9O6. The molecule has 1 saturated carbocycles. The molecule has 6 rings (SSSR count). The molecule has 4 aromatic rings. The van der Waals surface area contributed by atoms with Crippen LogP contribution in [0.5, 0.6) is 0 Å². The van der Waals surface area contributed by atoms with Crippen molar-refractivity contribution in [3.05, 3.63) is 64.0 Å². The molecule has 2 fully saturated rings. The summed E-state index contributed by atoms with van der Waals surface area (Å²) in [6.45, 7) is 4.52. The number of piperidine rings is 1. The van der Waals surface area contributed by atoms with E-state index in [1.54, 1.807) is 24.0 Å². The number of alkyl carbamates (subject to hydrolysis) is 1. The van der Waals surface area contributed by atoms with Crippen molar-refractivity contribution in [1.82, 2.24) is 39.7 Å². The maximum absolute atomic E-state index is 13.2. The second kappa shape index (κ2) is 17.1. The number of benzene rings is 1. The number of unbranched alkanes of at least 4 members (excludes halogenated alkanes) is 6. The Hall–Kier alpha value is -5.21. The summed E-state index contributed by atoms with van der Waals surface area (Å²) in [4.78, 5) is 62.2. The Balaban J connectivity index is 0.869.